The fourth-order valence-corrected chi connectivity index (χ4v) is 2.02. The summed E-state index contributed by atoms with van der Waals surface area (Å²) in [5, 5.41) is 12.1. The summed E-state index contributed by atoms with van der Waals surface area (Å²) >= 11 is 0. The molecule has 4 N–H and O–H groups in total. The molecule has 0 aromatic carbocycles. The van der Waals surface area contributed by atoms with Gasteiger partial charge in [0.25, 0.3) is 5.91 Å². The van der Waals surface area contributed by atoms with Gasteiger partial charge in [0.1, 0.15) is 0 Å². The van der Waals surface area contributed by atoms with Crippen LogP contribution in [0, 0.1) is 0 Å². The minimum atomic E-state index is -0.240. The van der Waals surface area contributed by atoms with Crippen LogP contribution in [-0.2, 0) is 4.79 Å². The highest BCUT2D eigenvalue weighted by molar-refractivity contribution is 5.96. The van der Waals surface area contributed by atoms with E-state index >= 15 is 0 Å². The Hall–Kier alpha value is -1.62. The molecule has 18 heavy (non-hydrogen) atoms. The average Bonchev–Trinajstić information content (AvgIpc) is 2.31. The van der Waals surface area contributed by atoms with Gasteiger partial charge in [0.05, 0.1) is 11.3 Å². The minimum Gasteiger partial charge on any atom is -0.513 e. The zero-order valence-corrected chi connectivity index (χ0v) is 10.7. The van der Waals surface area contributed by atoms with E-state index in [1.807, 2.05) is 0 Å². The molecule has 0 saturated heterocycles. The Morgan fingerprint density at radius 3 is 2.56 bits per heavy atom. The number of nitrogens with one attached hydrogen (secondary N) is 1. The Labute approximate surface area is 107 Å². The first kappa shape index (κ1) is 14.4. The van der Waals surface area contributed by atoms with Crippen LogP contribution < -0.4 is 11.1 Å². The standard InChI is InChI=1S/C13H21N3O2/c1-9(17)7-10(8-15-2)13(18)16-12-5-3-11(14)4-6-12/h7-8,11-12,17H,2-6,14H2,1H3,(H,16,18)/b9-7+,10-8+/t11-,12-. The monoisotopic (exact) mass is 251 g/mol. The molecule has 0 bridgehead atoms. The van der Waals surface area contributed by atoms with Crippen molar-refractivity contribution >= 4 is 12.6 Å². The van der Waals surface area contributed by atoms with Crippen molar-refractivity contribution in [3.63, 3.8) is 0 Å². The highest BCUT2D eigenvalue weighted by Crippen LogP contribution is 2.17. The van der Waals surface area contributed by atoms with E-state index in [1.165, 1.54) is 19.2 Å². The molecule has 1 rings (SSSR count). The lowest BCUT2D eigenvalue weighted by Gasteiger charge is -2.26. The number of allylic oxidation sites excluding steroid dienone is 1. The highest BCUT2D eigenvalue weighted by atomic mass is 16.3. The SMILES string of the molecule is C=N/C=C(\C=C(/C)O)C(=O)N[C@H]1CC[C@H](N)CC1. The van der Waals surface area contributed by atoms with Gasteiger partial charge in [-0.15, -0.1) is 0 Å². The second-order valence-electron chi connectivity index (χ2n) is 4.64. The van der Waals surface area contributed by atoms with Crippen molar-refractivity contribution in [3.05, 3.63) is 23.6 Å². The first-order chi connectivity index (χ1) is 8.52. The van der Waals surface area contributed by atoms with E-state index in [0.717, 1.165) is 25.7 Å². The number of nitrogens with two attached hydrogens (primary N) is 1. The molecular weight excluding hydrogens is 230 g/mol. The molecule has 0 spiro atoms. The van der Waals surface area contributed by atoms with Crippen molar-refractivity contribution in [1.29, 1.82) is 0 Å². The number of carbonyl (C=O) groups is 1. The minimum absolute atomic E-state index is 0.0608. The number of aliphatic hydroxyl groups excluding tert-OH is 1. The van der Waals surface area contributed by atoms with Crippen molar-refractivity contribution in [1.82, 2.24) is 5.32 Å². The van der Waals surface area contributed by atoms with Crippen LogP contribution in [0.15, 0.2) is 28.6 Å². The van der Waals surface area contributed by atoms with Crippen molar-refractivity contribution in [2.24, 2.45) is 10.7 Å². The van der Waals surface area contributed by atoms with Gasteiger partial charge >= 0.3 is 0 Å². The summed E-state index contributed by atoms with van der Waals surface area (Å²) in [5.74, 6) is -0.179. The van der Waals surface area contributed by atoms with Crippen LogP contribution >= 0.6 is 0 Å². The number of amides is 1. The first-order valence-electron chi connectivity index (χ1n) is 6.12. The summed E-state index contributed by atoms with van der Waals surface area (Å²) in [6.07, 6.45) is 6.35. The van der Waals surface area contributed by atoms with E-state index in [2.05, 4.69) is 17.0 Å². The lowest BCUT2D eigenvalue weighted by Crippen LogP contribution is -2.40. The predicted octanol–water partition coefficient (Wildman–Crippen LogP) is 1.42. The maximum atomic E-state index is 12.0. The second kappa shape index (κ2) is 6.96. The Balaban J connectivity index is 2.60. The van der Waals surface area contributed by atoms with Gasteiger partial charge in [0.2, 0.25) is 0 Å². The third-order valence-electron chi connectivity index (χ3n) is 2.96. The molecule has 0 heterocycles. The Kier molecular flexibility index (Phi) is 5.58. The van der Waals surface area contributed by atoms with E-state index < -0.39 is 0 Å². The van der Waals surface area contributed by atoms with Crippen molar-refractivity contribution in [2.75, 3.05) is 0 Å². The van der Waals surface area contributed by atoms with Crippen molar-refractivity contribution < 1.29 is 9.90 Å². The molecule has 0 aromatic rings. The summed E-state index contributed by atoms with van der Waals surface area (Å²) in [6, 6.07) is 0.403. The van der Waals surface area contributed by atoms with Gasteiger partial charge in [0.15, 0.2) is 0 Å². The van der Waals surface area contributed by atoms with E-state index in [-0.39, 0.29) is 23.8 Å². The van der Waals surface area contributed by atoms with Crippen molar-refractivity contribution in [2.45, 2.75) is 44.7 Å². The van der Waals surface area contributed by atoms with E-state index in [9.17, 15) is 9.90 Å². The molecule has 5 nitrogen and oxygen atoms in total. The largest absolute Gasteiger partial charge is 0.513 e. The second-order valence-corrected chi connectivity index (χ2v) is 4.64. The number of hydrogen-bond acceptors (Lipinski definition) is 4. The lowest BCUT2D eigenvalue weighted by atomic mass is 9.91. The summed E-state index contributed by atoms with van der Waals surface area (Å²) in [6.45, 7) is 4.82. The van der Waals surface area contributed by atoms with Crippen LogP contribution in [0.2, 0.25) is 0 Å². The van der Waals surface area contributed by atoms with Crippen molar-refractivity contribution in [3.8, 4) is 0 Å². The number of carbonyl (C=O) groups excluding carboxylic acids is 1. The number of nitrogens with zero attached hydrogens (tertiary/aromatic N) is 1. The number of hydrogen-bond donors (Lipinski definition) is 3. The molecule has 1 aliphatic rings. The summed E-state index contributed by atoms with van der Waals surface area (Å²) in [4.78, 5) is 15.5. The van der Waals surface area contributed by atoms with Crippen LogP contribution in [0.1, 0.15) is 32.6 Å². The molecule has 100 valence electrons. The summed E-state index contributed by atoms with van der Waals surface area (Å²) in [5.41, 5.74) is 6.12. The Morgan fingerprint density at radius 2 is 2.06 bits per heavy atom. The number of rotatable bonds is 4. The van der Waals surface area contributed by atoms with Gasteiger partial charge < -0.3 is 16.2 Å². The molecule has 1 amide bonds. The molecular formula is C13H21N3O2. The third-order valence-corrected chi connectivity index (χ3v) is 2.96. The van der Waals surface area contributed by atoms with E-state index in [1.54, 1.807) is 0 Å². The molecule has 0 radical (unpaired) electrons. The smallest absolute Gasteiger partial charge is 0.253 e. The van der Waals surface area contributed by atoms with E-state index in [4.69, 9.17) is 5.73 Å². The molecule has 1 fully saturated rings. The van der Waals surface area contributed by atoms with Gasteiger partial charge in [-0.1, -0.05) is 0 Å². The van der Waals surface area contributed by atoms with Crippen LogP contribution in [-0.4, -0.2) is 29.8 Å². The Morgan fingerprint density at radius 1 is 1.44 bits per heavy atom. The molecule has 0 aliphatic heterocycles. The quantitative estimate of drug-likeness (QED) is 0.305. The fraction of sp³-hybridized carbons (Fsp3) is 0.538. The zero-order valence-electron chi connectivity index (χ0n) is 10.7. The normalized spacial score (nSPS) is 25.7. The average molecular weight is 251 g/mol. The van der Waals surface area contributed by atoms with Gasteiger partial charge in [-0.2, -0.15) is 0 Å². The molecule has 0 atom stereocenters. The number of aliphatic hydroxyl groups is 1. The van der Waals surface area contributed by atoms with Gasteiger partial charge in [-0.05, 0) is 45.4 Å². The fourth-order valence-electron chi connectivity index (χ4n) is 2.02. The third kappa shape index (κ3) is 4.71. The molecule has 5 heteroatoms. The first-order valence-corrected chi connectivity index (χ1v) is 6.12. The van der Waals surface area contributed by atoms with E-state index in [0.29, 0.717) is 5.57 Å². The molecule has 0 aromatic heterocycles. The van der Waals surface area contributed by atoms with Crippen LogP contribution in [0.5, 0.6) is 0 Å². The Bertz CT molecular complexity index is 362. The van der Waals surface area contributed by atoms with Gasteiger partial charge in [-0.3, -0.25) is 9.79 Å². The van der Waals surface area contributed by atoms with Crippen LogP contribution in [0.25, 0.3) is 0 Å². The lowest BCUT2D eigenvalue weighted by molar-refractivity contribution is -0.118. The van der Waals surface area contributed by atoms with Crippen LogP contribution in [0.4, 0.5) is 0 Å². The van der Waals surface area contributed by atoms with Gasteiger partial charge in [-0.25, -0.2) is 0 Å². The number of aliphatic imine (C=N–C) groups is 1. The summed E-state index contributed by atoms with van der Waals surface area (Å²) in [7, 11) is 0. The van der Waals surface area contributed by atoms with Crippen LogP contribution in [0.3, 0.4) is 0 Å². The molecule has 1 aliphatic carbocycles. The summed E-state index contributed by atoms with van der Waals surface area (Å²) < 4.78 is 0. The topological polar surface area (TPSA) is 87.7 Å². The van der Waals surface area contributed by atoms with Gasteiger partial charge in [0, 0.05) is 18.3 Å². The highest BCUT2D eigenvalue weighted by Gasteiger charge is 2.20. The zero-order chi connectivity index (χ0) is 13.5. The molecule has 1 saturated carbocycles. The predicted molar refractivity (Wildman–Crippen MR) is 72.4 cm³/mol. The molecule has 0 unspecified atom stereocenters. The maximum Gasteiger partial charge on any atom is 0.253 e. The maximum absolute atomic E-state index is 12.0.